The fraction of sp³-hybridized carbons (Fsp3) is 0.143. The Labute approximate surface area is 115 Å². The molecular formula is C14H12ClNO3. The molecule has 0 unspecified atom stereocenters. The molecule has 0 aliphatic carbocycles. The largest absolute Gasteiger partial charge is 0.494 e. The van der Waals surface area contributed by atoms with Crippen molar-refractivity contribution in [1.29, 1.82) is 0 Å². The van der Waals surface area contributed by atoms with E-state index in [2.05, 4.69) is 4.98 Å². The number of ether oxygens (including phenoxy) is 1. The molecule has 1 aromatic carbocycles. The SMILES string of the molecule is CCOc1ccc(-c2cncc(C(=O)O)c2)c(Cl)c1. The van der Waals surface area contributed by atoms with Gasteiger partial charge in [-0.2, -0.15) is 0 Å². The molecule has 0 amide bonds. The highest BCUT2D eigenvalue weighted by molar-refractivity contribution is 6.33. The summed E-state index contributed by atoms with van der Waals surface area (Å²) in [5.74, 6) is -0.338. The first-order valence-corrected chi connectivity index (χ1v) is 6.10. The van der Waals surface area contributed by atoms with Crippen LogP contribution >= 0.6 is 11.6 Å². The number of nitrogens with zero attached hydrogens (tertiary/aromatic N) is 1. The zero-order chi connectivity index (χ0) is 13.8. The minimum absolute atomic E-state index is 0.127. The van der Waals surface area contributed by atoms with Crippen LogP contribution in [0.25, 0.3) is 11.1 Å². The predicted molar refractivity (Wildman–Crippen MR) is 72.8 cm³/mol. The monoisotopic (exact) mass is 277 g/mol. The average molecular weight is 278 g/mol. The topological polar surface area (TPSA) is 59.4 Å². The third kappa shape index (κ3) is 3.03. The molecule has 0 atom stereocenters. The third-order valence-electron chi connectivity index (χ3n) is 2.55. The second kappa shape index (κ2) is 5.71. The first-order chi connectivity index (χ1) is 9.11. The van der Waals surface area contributed by atoms with Gasteiger partial charge in [-0.15, -0.1) is 0 Å². The van der Waals surface area contributed by atoms with Gasteiger partial charge in [0, 0.05) is 23.5 Å². The fourth-order valence-corrected chi connectivity index (χ4v) is 1.97. The molecule has 0 aliphatic rings. The van der Waals surface area contributed by atoms with Gasteiger partial charge < -0.3 is 9.84 Å². The van der Waals surface area contributed by atoms with Gasteiger partial charge in [-0.25, -0.2) is 4.79 Å². The van der Waals surface area contributed by atoms with Crippen LogP contribution in [0.4, 0.5) is 0 Å². The second-order valence-corrected chi connectivity index (χ2v) is 4.25. The highest BCUT2D eigenvalue weighted by atomic mass is 35.5. The quantitative estimate of drug-likeness (QED) is 0.929. The minimum Gasteiger partial charge on any atom is -0.494 e. The van der Waals surface area contributed by atoms with E-state index in [1.54, 1.807) is 24.4 Å². The van der Waals surface area contributed by atoms with Gasteiger partial charge in [0.1, 0.15) is 5.75 Å². The van der Waals surface area contributed by atoms with Gasteiger partial charge in [0.15, 0.2) is 0 Å². The third-order valence-corrected chi connectivity index (χ3v) is 2.86. The van der Waals surface area contributed by atoms with Gasteiger partial charge in [0.2, 0.25) is 0 Å². The van der Waals surface area contributed by atoms with Crippen LogP contribution in [0.5, 0.6) is 5.75 Å². The summed E-state index contributed by atoms with van der Waals surface area (Å²) in [7, 11) is 0. The summed E-state index contributed by atoms with van der Waals surface area (Å²) in [5.41, 5.74) is 1.51. The number of carboxylic acid groups (broad SMARTS) is 1. The molecule has 5 heteroatoms. The summed E-state index contributed by atoms with van der Waals surface area (Å²) in [6, 6.07) is 6.82. The maximum Gasteiger partial charge on any atom is 0.337 e. The van der Waals surface area contributed by atoms with E-state index in [9.17, 15) is 4.79 Å². The normalized spacial score (nSPS) is 10.2. The lowest BCUT2D eigenvalue weighted by atomic mass is 10.1. The van der Waals surface area contributed by atoms with Crippen LogP contribution in [0.2, 0.25) is 5.02 Å². The van der Waals surface area contributed by atoms with Crippen molar-refractivity contribution in [3.05, 3.63) is 47.2 Å². The zero-order valence-corrected chi connectivity index (χ0v) is 11.0. The van der Waals surface area contributed by atoms with Crippen molar-refractivity contribution in [2.24, 2.45) is 0 Å². The second-order valence-electron chi connectivity index (χ2n) is 3.84. The Morgan fingerprint density at radius 2 is 2.16 bits per heavy atom. The van der Waals surface area contributed by atoms with Crippen LogP contribution < -0.4 is 4.74 Å². The van der Waals surface area contributed by atoms with Gasteiger partial charge in [-0.3, -0.25) is 4.98 Å². The number of rotatable bonds is 4. The van der Waals surface area contributed by atoms with Crippen LogP contribution in [0.1, 0.15) is 17.3 Å². The maximum atomic E-state index is 10.9. The lowest BCUT2D eigenvalue weighted by Gasteiger charge is -2.08. The molecule has 0 bridgehead atoms. The van der Waals surface area contributed by atoms with E-state index >= 15 is 0 Å². The smallest absolute Gasteiger partial charge is 0.337 e. The van der Waals surface area contributed by atoms with Crippen LogP contribution in [0.15, 0.2) is 36.7 Å². The number of aromatic nitrogens is 1. The number of hydrogen-bond acceptors (Lipinski definition) is 3. The molecule has 1 N–H and O–H groups in total. The summed E-state index contributed by atoms with van der Waals surface area (Å²) in [5, 5.41) is 9.44. The van der Waals surface area contributed by atoms with Crippen molar-refractivity contribution in [2.45, 2.75) is 6.92 Å². The molecule has 1 aromatic heterocycles. The van der Waals surface area contributed by atoms with E-state index in [0.29, 0.717) is 22.9 Å². The van der Waals surface area contributed by atoms with Crippen LogP contribution in [0, 0.1) is 0 Å². The fourth-order valence-electron chi connectivity index (χ4n) is 1.69. The van der Waals surface area contributed by atoms with Gasteiger partial charge in [0.05, 0.1) is 17.2 Å². The number of carboxylic acids is 1. The van der Waals surface area contributed by atoms with Gasteiger partial charge in [-0.05, 0) is 31.2 Å². The molecule has 4 nitrogen and oxygen atoms in total. The number of hydrogen-bond donors (Lipinski definition) is 1. The van der Waals surface area contributed by atoms with E-state index in [-0.39, 0.29) is 5.56 Å². The van der Waals surface area contributed by atoms with Crippen LogP contribution in [0.3, 0.4) is 0 Å². The molecule has 0 aliphatic heterocycles. The van der Waals surface area contributed by atoms with Gasteiger partial charge in [0.25, 0.3) is 0 Å². The Bertz CT molecular complexity index is 613. The lowest BCUT2D eigenvalue weighted by Crippen LogP contribution is -1.97. The van der Waals surface area contributed by atoms with E-state index in [1.807, 2.05) is 6.92 Å². The Morgan fingerprint density at radius 3 is 2.79 bits per heavy atom. The Hall–Kier alpha value is -2.07. The van der Waals surface area contributed by atoms with E-state index in [0.717, 1.165) is 5.56 Å². The van der Waals surface area contributed by atoms with Crippen molar-refractivity contribution < 1.29 is 14.6 Å². The molecule has 2 aromatic rings. The Balaban J connectivity index is 2.41. The minimum atomic E-state index is -1.02. The standard InChI is InChI=1S/C14H12ClNO3/c1-2-19-11-3-4-12(13(15)6-11)9-5-10(14(17)18)8-16-7-9/h3-8H,2H2,1H3,(H,17,18). The predicted octanol–water partition coefficient (Wildman–Crippen LogP) is 3.50. The molecule has 0 spiro atoms. The molecule has 2 rings (SSSR count). The zero-order valence-electron chi connectivity index (χ0n) is 10.3. The number of aromatic carboxylic acids is 1. The van der Waals surface area contributed by atoms with Crippen molar-refractivity contribution in [1.82, 2.24) is 4.98 Å². The summed E-state index contributed by atoms with van der Waals surface area (Å²) >= 11 is 6.18. The highest BCUT2D eigenvalue weighted by Crippen LogP contribution is 2.31. The Morgan fingerprint density at radius 1 is 1.37 bits per heavy atom. The molecule has 98 valence electrons. The Kier molecular flexibility index (Phi) is 4.02. The van der Waals surface area contributed by atoms with Gasteiger partial charge in [-0.1, -0.05) is 11.6 Å². The number of halogens is 1. The molecule has 0 saturated heterocycles. The van der Waals surface area contributed by atoms with Gasteiger partial charge >= 0.3 is 5.97 Å². The van der Waals surface area contributed by atoms with Crippen molar-refractivity contribution >= 4 is 17.6 Å². The molecule has 0 radical (unpaired) electrons. The first kappa shape index (κ1) is 13.4. The maximum absolute atomic E-state index is 10.9. The lowest BCUT2D eigenvalue weighted by molar-refractivity contribution is 0.0696. The van der Waals surface area contributed by atoms with Crippen molar-refractivity contribution in [3.8, 4) is 16.9 Å². The summed E-state index contributed by atoms with van der Waals surface area (Å²) < 4.78 is 5.35. The summed E-state index contributed by atoms with van der Waals surface area (Å²) in [6.45, 7) is 2.45. The van der Waals surface area contributed by atoms with Crippen molar-refractivity contribution in [2.75, 3.05) is 6.61 Å². The van der Waals surface area contributed by atoms with E-state index in [1.165, 1.54) is 12.3 Å². The first-order valence-electron chi connectivity index (χ1n) is 5.73. The molecular weight excluding hydrogens is 266 g/mol. The number of benzene rings is 1. The van der Waals surface area contributed by atoms with Crippen molar-refractivity contribution in [3.63, 3.8) is 0 Å². The number of carbonyl (C=O) groups is 1. The van der Waals surface area contributed by atoms with Crippen LogP contribution in [-0.4, -0.2) is 22.7 Å². The average Bonchev–Trinajstić information content (AvgIpc) is 2.39. The van der Waals surface area contributed by atoms with Crippen LogP contribution in [-0.2, 0) is 0 Å². The van der Waals surface area contributed by atoms with E-state index < -0.39 is 5.97 Å². The molecule has 1 heterocycles. The highest BCUT2D eigenvalue weighted by Gasteiger charge is 2.09. The molecule has 19 heavy (non-hydrogen) atoms. The number of pyridine rings is 1. The summed E-state index contributed by atoms with van der Waals surface area (Å²) in [4.78, 5) is 14.8. The van der Waals surface area contributed by atoms with E-state index in [4.69, 9.17) is 21.4 Å². The molecule has 0 fully saturated rings. The molecule has 0 saturated carbocycles. The summed E-state index contributed by atoms with van der Waals surface area (Å²) in [6.07, 6.45) is 2.88.